The lowest BCUT2D eigenvalue weighted by Crippen LogP contribution is -1.96. The number of pyridine rings is 2. The Morgan fingerprint density at radius 1 is 0.272 bits per heavy atom. The van der Waals surface area contributed by atoms with Gasteiger partial charge in [-0.3, -0.25) is 0 Å². The standard InChI is InChI=1S/C25H18N2.C22H15NS.C18H14N2S.C18H13NS/c1-2-9-18(10-3-1)19-11-8-12-20(17-19)26-25-23-15-5-4-13-21(23)22-14-6-7-16-24(22)27-25;1-2-8-17-15(6-1)7-5-10-20(17)23-16-12-13-19-18-9-3-4-11-21(18)24-22(19)14-16;1-12-4-6-13(7-5-12)20-14-8-9-15-16-3-2-10-19-18(16)21-17(15)11-14;1-2-6-13(7-3-1)19-14-10-11-16-15-8-4-5-9-17(15)20-18(16)12-14/h1-17H,(H,26,27);1-14,23H;2-11,20H,1H3;1-12,19H. The van der Waals surface area contributed by atoms with Gasteiger partial charge in [0.15, 0.2) is 0 Å². The van der Waals surface area contributed by atoms with Gasteiger partial charge in [0.05, 0.1) is 5.52 Å². The lowest BCUT2D eigenvalue weighted by Gasteiger charge is -2.12. The molecule has 4 N–H and O–H groups in total. The highest BCUT2D eigenvalue weighted by atomic mass is 32.1. The van der Waals surface area contributed by atoms with Gasteiger partial charge in [-0.05, 0) is 138 Å². The van der Waals surface area contributed by atoms with Crippen LogP contribution in [0.3, 0.4) is 0 Å². The molecule has 18 aromatic rings. The first kappa shape index (κ1) is 57.3. The first-order valence-corrected chi connectivity index (χ1v) is 33.1. The fourth-order valence-corrected chi connectivity index (χ4v) is 15.2. The maximum atomic E-state index is 4.89. The predicted octanol–water partition coefficient (Wildman–Crippen LogP) is 25.0. The van der Waals surface area contributed by atoms with Gasteiger partial charge < -0.3 is 21.3 Å². The second kappa shape index (κ2) is 26.1. The third-order valence-corrected chi connectivity index (χ3v) is 19.7. The lowest BCUT2D eigenvalue weighted by molar-refractivity contribution is 1.40. The summed E-state index contributed by atoms with van der Waals surface area (Å²) in [5, 5.41) is 27.9. The molecule has 0 aliphatic rings. The molecule has 0 atom stereocenters. The molecule has 0 saturated carbocycles. The number of benzene rings is 13. The molecular formula is C83H60N6S3. The number of nitrogens with one attached hydrogen (secondary N) is 4. The minimum Gasteiger partial charge on any atom is -0.355 e. The van der Waals surface area contributed by atoms with Crippen molar-refractivity contribution in [1.29, 1.82) is 0 Å². The summed E-state index contributed by atoms with van der Waals surface area (Å²) in [5.74, 6) is 0.884. The van der Waals surface area contributed by atoms with Crippen molar-refractivity contribution in [1.82, 2.24) is 9.97 Å². The van der Waals surface area contributed by atoms with Gasteiger partial charge >= 0.3 is 0 Å². The number of rotatable bonds is 9. The quantitative estimate of drug-likeness (QED) is 0.108. The zero-order valence-electron chi connectivity index (χ0n) is 50.2. The number of aryl methyl sites for hydroxylation is 1. The maximum Gasteiger partial charge on any atom is 0.138 e. The van der Waals surface area contributed by atoms with E-state index in [1.54, 1.807) is 11.3 Å². The van der Waals surface area contributed by atoms with Crippen molar-refractivity contribution in [3.05, 3.63) is 327 Å². The van der Waals surface area contributed by atoms with Crippen molar-refractivity contribution in [2.45, 2.75) is 6.92 Å². The van der Waals surface area contributed by atoms with Crippen LogP contribution in [-0.2, 0) is 0 Å². The second-order valence-corrected chi connectivity index (χ2v) is 25.7. The molecule has 5 heterocycles. The number of anilines is 8. The third-order valence-electron chi connectivity index (χ3n) is 16.3. The summed E-state index contributed by atoms with van der Waals surface area (Å²) in [6.45, 7) is 2.10. The van der Waals surface area contributed by atoms with E-state index in [0.717, 1.165) is 61.4 Å². The molecule has 0 fully saturated rings. The summed E-state index contributed by atoms with van der Waals surface area (Å²) in [6, 6.07) is 110. The van der Waals surface area contributed by atoms with Crippen LogP contribution in [0.1, 0.15) is 5.56 Å². The second-order valence-electron chi connectivity index (χ2n) is 22.5. The van der Waals surface area contributed by atoms with E-state index in [1.807, 2.05) is 65.3 Å². The molecule has 5 aromatic heterocycles. The minimum atomic E-state index is 0.884. The van der Waals surface area contributed by atoms with Gasteiger partial charge in [0.2, 0.25) is 0 Å². The number of fused-ring (bicyclic) bond motifs is 13. The molecule has 0 radical (unpaired) electrons. The van der Waals surface area contributed by atoms with Crippen molar-refractivity contribution >= 4 is 173 Å². The van der Waals surface area contributed by atoms with Gasteiger partial charge in [0.25, 0.3) is 0 Å². The molecule has 0 bridgehead atoms. The fourth-order valence-electron chi connectivity index (χ4n) is 11.8. The van der Waals surface area contributed by atoms with E-state index in [1.165, 1.54) is 94.1 Å². The molecule has 0 amide bonds. The Morgan fingerprint density at radius 2 is 0.728 bits per heavy atom. The minimum absolute atomic E-state index is 0.884. The van der Waals surface area contributed by atoms with Crippen LogP contribution in [0.4, 0.5) is 45.6 Å². The van der Waals surface area contributed by atoms with Crippen LogP contribution in [0.25, 0.3) is 104 Å². The van der Waals surface area contributed by atoms with Crippen molar-refractivity contribution < 1.29 is 0 Å². The molecule has 9 heteroatoms. The molecule has 13 aromatic carbocycles. The summed E-state index contributed by atoms with van der Waals surface area (Å²) >= 11 is 5.43. The molecule has 440 valence electrons. The van der Waals surface area contributed by atoms with Crippen LogP contribution < -0.4 is 21.3 Å². The van der Waals surface area contributed by atoms with E-state index < -0.39 is 0 Å². The van der Waals surface area contributed by atoms with Crippen molar-refractivity contribution in [3.8, 4) is 11.1 Å². The van der Waals surface area contributed by atoms with E-state index in [9.17, 15) is 0 Å². The molecule has 0 unspecified atom stereocenters. The summed E-state index contributed by atoms with van der Waals surface area (Å²) in [6.07, 6.45) is 1.85. The Balaban J connectivity index is 0.000000102. The largest absolute Gasteiger partial charge is 0.355 e. The lowest BCUT2D eigenvalue weighted by atomic mass is 10.0. The highest BCUT2D eigenvalue weighted by molar-refractivity contribution is 7.26. The number of hydrogen-bond donors (Lipinski definition) is 4. The van der Waals surface area contributed by atoms with Crippen LogP contribution in [0.15, 0.2) is 322 Å². The zero-order chi connectivity index (χ0) is 61.6. The maximum absolute atomic E-state index is 4.89. The Labute approximate surface area is 545 Å². The molecule has 6 nitrogen and oxygen atoms in total. The number of aromatic nitrogens is 2. The third kappa shape index (κ3) is 12.4. The molecule has 0 aliphatic heterocycles. The van der Waals surface area contributed by atoms with E-state index in [-0.39, 0.29) is 0 Å². The Kier molecular flexibility index (Phi) is 16.2. The average Bonchev–Trinajstić information content (AvgIpc) is 1.20. The Morgan fingerprint density at radius 3 is 1.41 bits per heavy atom. The van der Waals surface area contributed by atoms with Crippen LogP contribution in [0.5, 0.6) is 0 Å². The first-order chi connectivity index (χ1) is 45.5. The molecular weight excluding hydrogens is 1180 g/mol. The van der Waals surface area contributed by atoms with Crippen LogP contribution in [0.2, 0.25) is 0 Å². The van der Waals surface area contributed by atoms with Gasteiger partial charge in [-0.25, -0.2) is 9.97 Å². The molecule has 18 rings (SSSR count). The average molecular weight is 1240 g/mol. The van der Waals surface area contributed by atoms with E-state index >= 15 is 0 Å². The first-order valence-electron chi connectivity index (χ1n) is 30.7. The monoisotopic (exact) mass is 1240 g/mol. The van der Waals surface area contributed by atoms with Crippen LogP contribution in [-0.4, -0.2) is 9.97 Å². The number of para-hydroxylation sites is 2. The SMILES string of the molecule is Cc1ccc(Nc2ccc3c(c2)sc2ncccc23)cc1.c1ccc(-c2cccc(Nc3nc4ccccc4c4ccccc34)c2)cc1.c1ccc(Nc2ccc3c(c2)sc2ccccc23)cc1.c1ccc2c(Nc3ccc4c(c3)sc3ccccc34)cccc2c1. The van der Waals surface area contributed by atoms with E-state index in [2.05, 4.69) is 312 Å². The molecule has 92 heavy (non-hydrogen) atoms. The fraction of sp³-hybridized carbons (Fsp3) is 0.0120. The van der Waals surface area contributed by atoms with Crippen molar-refractivity contribution in [3.63, 3.8) is 0 Å². The summed E-state index contributed by atoms with van der Waals surface area (Å²) in [4.78, 5) is 10.4. The summed E-state index contributed by atoms with van der Waals surface area (Å²) in [5.41, 5.74) is 12.4. The van der Waals surface area contributed by atoms with Crippen LogP contribution >= 0.6 is 34.0 Å². The van der Waals surface area contributed by atoms with Gasteiger partial charge in [0.1, 0.15) is 10.6 Å². The number of hydrogen-bond acceptors (Lipinski definition) is 9. The normalized spacial score (nSPS) is 11.1. The molecule has 0 aliphatic carbocycles. The zero-order valence-corrected chi connectivity index (χ0v) is 52.7. The highest BCUT2D eigenvalue weighted by Gasteiger charge is 2.12. The van der Waals surface area contributed by atoms with Crippen LogP contribution in [0, 0.1) is 6.92 Å². The molecule has 0 spiro atoms. The Hall–Kier alpha value is -11.2. The Bertz CT molecular complexity index is 5620. The smallest absolute Gasteiger partial charge is 0.138 e. The predicted molar refractivity (Wildman–Crippen MR) is 402 cm³/mol. The molecule has 0 saturated heterocycles. The van der Waals surface area contributed by atoms with Crippen molar-refractivity contribution in [2.24, 2.45) is 0 Å². The highest BCUT2D eigenvalue weighted by Crippen LogP contribution is 2.40. The van der Waals surface area contributed by atoms with E-state index in [0.29, 0.717) is 0 Å². The van der Waals surface area contributed by atoms with Crippen molar-refractivity contribution in [2.75, 3.05) is 21.3 Å². The van der Waals surface area contributed by atoms with Gasteiger partial charge in [-0.1, -0.05) is 212 Å². The number of thiophene rings is 3. The van der Waals surface area contributed by atoms with Gasteiger partial charge in [-0.15, -0.1) is 34.0 Å². The summed E-state index contributed by atoms with van der Waals surface area (Å²) < 4.78 is 6.60. The topological polar surface area (TPSA) is 73.9 Å². The van der Waals surface area contributed by atoms with Gasteiger partial charge in [0, 0.05) is 118 Å². The summed E-state index contributed by atoms with van der Waals surface area (Å²) in [7, 11) is 0. The van der Waals surface area contributed by atoms with Gasteiger partial charge in [-0.2, -0.15) is 0 Å². The van der Waals surface area contributed by atoms with E-state index in [4.69, 9.17) is 4.98 Å². The number of nitrogens with zero attached hydrogens (tertiary/aromatic N) is 2.